The van der Waals surface area contributed by atoms with E-state index in [4.69, 9.17) is 0 Å². The molecule has 1 aromatic heterocycles. The quantitative estimate of drug-likeness (QED) is 0.924. The number of aromatic nitrogens is 2. The molecule has 2 aliphatic rings. The Bertz CT molecular complexity index is 485. The molecule has 0 radical (unpaired) electrons. The number of nitrogens with zero attached hydrogens (tertiary/aromatic N) is 3. The maximum atomic E-state index is 12.5. The predicted molar refractivity (Wildman–Crippen MR) is 82.3 cm³/mol. The van der Waals surface area contributed by atoms with Crippen LogP contribution in [0.1, 0.15) is 54.7 Å². The Balaban J connectivity index is 1.60. The van der Waals surface area contributed by atoms with Gasteiger partial charge in [-0.05, 0) is 39.2 Å². The summed E-state index contributed by atoms with van der Waals surface area (Å²) >= 11 is 0. The van der Waals surface area contributed by atoms with Gasteiger partial charge in [-0.25, -0.2) is 4.98 Å². The van der Waals surface area contributed by atoms with E-state index in [2.05, 4.69) is 15.2 Å². The lowest BCUT2D eigenvalue weighted by Crippen LogP contribution is -2.50. The maximum Gasteiger partial charge on any atom is 0.270 e. The fraction of sp³-hybridized carbons (Fsp3) is 0.750. The molecular formula is C16H26N4O. The fourth-order valence-electron chi connectivity index (χ4n) is 3.85. The van der Waals surface area contributed by atoms with E-state index >= 15 is 0 Å². The molecule has 1 saturated heterocycles. The van der Waals surface area contributed by atoms with Gasteiger partial charge in [0.05, 0.1) is 12.0 Å². The molecule has 1 saturated carbocycles. The lowest BCUT2D eigenvalue weighted by atomic mass is 10.0. The molecule has 2 heterocycles. The van der Waals surface area contributed by atoms with E-state index in [0.29, 0.717) is 5.69 Å². The summed E-state index contributed by atoms with van der Waals surface area (Å²) < 4.78 is 1.81. The molecule has 0 unspecified atom stereocenters. The van der Waals surface area contributed by atoms with Crippen LogP contribution in [0.5, 0.6) is 0 Å². The van der Waals surface area contributed by atoms with Gasteiger partial charge in [0.2, 0.25) is 0 Å². The van der Waals surface area contributed by atoms with Gasteiger partial charge in [0, 0.05) is 25.7 Å². The average Bonchev–Trinajstić information content (AvgIpc) is 3.09. The van der Waals surface area contributed by atoms with Crippen LogP contribution in [0.25, 0.3) is 0 Å². The van der Waals surface area contributed by atoms with Crippen molar-refractivity contribution < 1.29 is 4.79 Å². The number of rotatable bonds is 3. The summed E-state index contributed by atoms with van der Waals surface area (Å²) in [5, 5.41) is 3.21. The molecule has 5 nitrogen and oxygen atoms in total. The minimum atomic E-state index is 0.0192. The second-order valence-corrected chi connectivity index (χ2v) is 6.54. The molecule has 0 spiro atoms. The molecule has 5 heteroatoms. The SMILES string of the molecule is Cc1ncn(C)c1C(=O)N[C@@H]1CCCN(C2CCCC2)C1. The molecule has 116 valence electrons. The molecule has 1 aliphatic heterocycles. The van der Waals surface area contributed by atoms with Crippen molar-refractivity contribution in [2.75, 3.05) is 13.1 Å². The Hall–Kier alpha value is -1.36. The number of likely N-dealkylation sites (tertiary alicyclic amines) is 1. The smallest absolute Gasteiger partial charge is 0.270 e. The van der Waals surface area contributed by atoms with Crippen LogP contribution in [0.4, 0.5) is 0 Å². The fourth-order valence-corrected chi connectivity index (χ4v) is 3.85. The number of hydrogen-bond donors (Lipinski definition) is 1. The van der Waals surface area contributed by atoms with E-state index in [1.165, 1.54) is 38.6 Å². The molecule has 1 N–H and O–H groups in total. The molecule has 0 aromatic carbocycles. The number of hydrogen-bond acceptors (Lipinski definition) is 3. The number of nitrogens with one attached hydrogen (secondary N) is 1. The normalized spacial score (nSPS) is 24.4. The zero-order chi connectivity index (χ0) is 14.8. The van der Waals surface area contributed by atoms with Crippen molar-refractivity contribution in [1.82, 2.24) is 19.8 Å². The van der Waals surface area contributed by atoms with Crippen LogP contribution >= 0.6 is 0 Å². The first-order valence-corrected chi connectivity index (χ1v) is 8.18. The third-order valence-electron chi connectivity index (χ3n) is 4.96. The molecule has 1 atom stereocenters. The molecule has 3 rings (SSSR count). The highest BCUT2D eigenvalue weighted by molar-refractivity contribution is 5.93. The third kappa shape index (κ3) is 3.12. The Kier molecular flexibility index (Phi) is 4.29. The summed E-state index contributed by atoms with van der Waals surface area (Å²) in [6, 6.07) is 1.03. The number of amides is 1. The van der Waals surface area contributed by atoms with E-state index in [9.17, 15) is 4.79 Å². The monoisotopic (exact) mass is 290 g/mol. The van der Waals surface area contributed by atoms with Gasteiger partial charge in [0.1, 0.15) is 5.69 Å². The highest BCUT2D eigenvalue weighted by Crippen LogP contribution is 2.26. The minimum absolute atomic E-state index is 0.0192. The van der Waals surface area contributed by atoms with Gasteiger partial charge in [-0.3, -0.25) is 9.69 Å². The molecule has 1 aliphatic carbocycles. The summed E-state index contributed by atoms with van der Waals surface area (Å²) in [4.78, 5) is 19.2. The van der Waals surface area contributed by atoms with Crippen LogP contribution < -0.4 is 5.32 Å². The largest absolute Gasteiger partial charge is 0.347 e. The van der Waals surface area contributed by atoms with Crippen LogP contribution in [0, 0.1) is 6.92 Å². The second kappa shape index (κ2) is 6.18. The zero-order valence-corrected chi connectivity index (χ0v) is 13.1. The molecule has 1 amide bonds. The van der Waals surface area contributed by atoms with Crippen molar-refractivity contribution in [2.45, 2.75) is 57.5 Å². The first-order valence-electron chi connectivity index (χ1n) is 8.18. The van der Waals surface area contributed by atoms with Crippen molar-refractivity contribution in [3.8, 4) is 0 Å². The van der Waals surface area contributed by atoms with Crippen molar-refractivity contribution in [1.29, 1.82) is 0 Å². The number of carbonyl (C=O) groups excluding carboxylic acids is 1. The van der Waals surface area contributed by atoms with E-state index in [-0.39, 0.29) is 11.9 Å². The maximum absolute atomic E-state index is 12.5. The van der Waals surface area contributed by atoms with E-state index in [1.54, 1.807) is 6.33 Å². The summed E-state index contributed by atoms with van der Waals surface area (Å²) in [7, 11) is 1.88. The summed E-state index contributed by atoms with van der Waals surface area (Å²) in [5.41, 5.74) is 1.49. The minimum Gasteiger partial charge on any atom is -0.347 e. The second-order valence-electron chi connectivity index (χ2n) is 6.54. The van der Waals surface area contributed by atoms with Crippen LogP contribution in [0.2, 0.25) is 0 Å². The van der Waals surface area contributed by atoms with Gasteiger partial charge in [-0.2, -0.15) is 0 Å². The van der Waals surface area contributed by atoms with Crippen molar-refractivity contribution in [3.63, 3.8) is 0 Å². The summed E-state index contributed by atoms with van der Waals surface area (Å²) in [6.07, 6.45) is 9.38. The zero-order valence-electron chi connectivity index (χ0n) is 13.1. The van der Waals surface area contributed by atoms with E-state index in [1.807, 2.05) is 18.5 Å². The number of aryl methyl sites for hydroxylation is 2. The predicted octanol–water partition coefficient (Wildman–Crippen LogP) is 1.87. The molecule has 0 bridgehead atoms. The molecule has 2 fully saturated rings. The summed E-state index contributed by atoms with van der Waals surface area (Å²) in [5.74, 6) is 0.0192. The van der Waals surface area contributed by atoms with Crippen LogP contribution in [-0.4, -0.2) is 45.5 Å². The van der Waals surface area contributed by atoms with E-state index in [0.717, 1.165) is 24.7 Å². The van der Waals surface area contributed by atoms with Crippen molar-refractivity contribution >= 4 is 5.91 Å². The Morgan fingerprint density at radius 1 is 1.29 bits per heavy atom. The molecule has 1 aromatic rings. The molecular weight excluding hydrogens is 264 g/mol. The van der Waals surface area contributed by atoms with Gasteiger partial charge < -0.3 is 9.88 Å². The van der Waals surface area contributed by atoms with Crippen LogP contribution in [0.15, 0.2) is 6.33 Å². The number of piperidine rings is 1. The Morgan fingerprint density at radius 2 is 2.05 bits per heavy atom. The topological polar surface area (TPSA) is 50.2 Å². The van der Waals surface area contributed by atoms with E-state index < -0.39 is 0 Å². The van der Waals surface area contributed by atoms with Crippen LogP contribution in [-0.2, 0) is 7.05 Å². The Morgan fingerprint density at radius 3 is 2.71 bits per heavy atom. The standard InChI is InChI=1S/C16H26N4O/c1-12-15(19(2)11-17-12)16(21)18-13-6-5-9-20(10-13)14-7-3-4-8-14/h11,13-14H,3-10H2,1-2H3,(H,18,21)/t13-/m1/s1. The number of carbonyl (C=O) groups is 1. The van der Waals surface area contributed by atoms with Gasteiger partial charge in [0.25, 0.3) is 5.91 Å². The summed E-state index contributed by atoms with van der Waals surface area (Å²) in [6.45, 7) is 4.09. The highest BCUT2D eigenvalue weighted by atomic mass is 16.2. The lowest BCUT2D eigenvalue weighted by Gasteiger charge is -2.37. The van der Waals surface area contributed by atoms with Crippen molar-refractivity contribution in [3.05, 3.63) is 17.7 Å². The number of imidazole rings is 1. The average molecular weight is 290 g/mol. The molecule has 21 heavy (non-hydrogen) atoms. The van der Waals surface area contributed by atoms with Gasteiger partial charge in [-0.1, -0.05) is 12.8 Å². The van der Waals surface area contributed by atoms with Gasteiger partial charge in [-0.15, -0.1) is 0 Å². The van der Waals surface area contributed by atoms with Crippen molar-refractivity contribution in [2.24, 2.45) is 7.05 Å². The Labute approximate surface area is 126 Å². The first kappa shape index (κ1) is 14.6. The van der Waals surface area contributed by atoms with Gasteiger partial charge >= 0.3 is 0 Å². The first-order chi connectivity index (χ1) is 10.1. The lowest BCUT2D eigenvalue weighted by molar-refractivity contribution is 0.0866. The highest BCUT2D eigenvalue weighted by Gasteiger charge is 2.29. The van der Waals surface area contributed by atoms with Gasteiger partial charge in [0.15, 0.2) is 0 Å². The third-order valence-corrected chi connectivity index (χ3v) is 4.96. The van der Waals surface area contributed by atoms with Crippen LogP contribution in [0.3, 0.4) is 0 Å².